The molecule has 24 heavy (non-hydrogen) atoms. The minimum absolute atomic E-state index is 0.246. The lowest BCUT2D eigenvalue weighted by Crippen LogP contribution is -2.16. The third-order valence-corrected chi connectivity index (χ3v) is 3.89. The van der Waals surface area contributed by atoms with E-state index in [4.69, 9.17) is 4.74 Å². The van der Waals surface area contributed by atoms with Crippen LogP contribution < -0.4 is 10.1 Å². The van der Waals surface area contributed by atoms with Crippen LogP contribution in [0, 0.1) is 20.8 Å². The molecule has 1 amide bonds. The number of aryl methyl sites for hydroxylation is 3. The van der Waals surface area contributed by atoms with Gasteiger partial charge in [0.15, 0.2) is 0 Å². The van der Waals surface area contributed by atoms with E-state index in [9.17, 15) is 4.79 Å². The summed E-state index contributed by atoms with van der Waals surface area (Å²) in [5, 5.41) is 3.85. The molecule has 3 aromatic rings. The first-order valence-electron chi connectivity index (χ1n) is 7.69. The smallest absolute Gasteiger partial charge is 0.274 e. The third kappa shape index (κ3) is 3.06. The van der Waals surface area contributed by atoms with Crippen molar-refractivity contribution in [1.29, 1.82) is 0 Å². The first-order chi connectivity index (χ1) is 11.5. The summed E-state index contributed by atoms with van der Waals surface area (Å²) in [5.41, 5.74) is 4.57. The molecule has 0 atom stereocenters. The van der Waals surface area contributed by atoms with Crippen LogP contribution in [-0.4, -0.2) is 23.0 Å². The predicted molar refractivity (Wildman–Crippen MR) is 94.7 cm³/mol. The summed E-state index contributed by atoms with van der Waals surface area (Å²) in [4.78, 5) is 21.4. The van der Waals surface area contributed by atoms with Gasteiger partial charge in [-0.15, -0.1) is 0 Å². The Labute approximate surface area is 140 Å². The number of fused-ring (bicyclic) bond motifs is 1. The Balaban J connectivity index is 1.92. The Morgan fingerprint density at radius 3 is 2.54 bits per heavy atom. The number of carbonyl (C=O) groups is 1. The molecule has 5 nitrogen and oxygen atoms in total. The third-order valence-electron chi connectivity index (χ3n) is 3.89. The summed E-state index contributed by atoms with van der Waals surface area (Å²) in [7, 11) is 1.62. The van der Waals surface area contributed by atoms with Gasteiger partial charge in [-0.1, -0.05) is 6.07 Å². The van der Waals surface area contributed by atoms with Gasteiger partial charge in [0.05, 0.1) is 24.0 Å². The normalized spacial score (nSPS) is 10.7. The number of carbonyl (C=O) groups excluding carboxylic acids is 1. The van der Waals surface area contributed by atoms with Gasteiger partial charge in [-0.05, 0) is 56.7 Å². The van der Waals surface area contributed by atoms with E-state index in [0.717, 1.165) is 39.3 Å². The number of nitrogens with one attached hydrogen (secondary N) is 1. The van der Waals surface area contributed by atoms with Crippen LogP contribution in [0.3, 0.4) is 0 Å². The number of hydrogen-bond acceptors (Lipinski definition) is 4. The van der Waals surface area contributed by atoms with Crippen LogP contribution in [-0.2, 0) is 0 Å². The van der Waals surface area contributed by atoms with Gasteiger partial charge in [-0.3, -0.25) is 9.78 Å². The lowest BCUT2D eigenvalue weighted by atomic mass is 10.1. The molecule has 1 aromatic carbocycles. The molecule has 0 fully saturated rings. The number of hydrogen-bond donors (Lipinski definition) is 1. The molecule has 122 valence electrons. The van der Waals surface area contributed by atoms with Crippen molar-refractivity contribution in [2.24, 2.45) is 0 Å². The van der Waals surface area contributed by atoms with E-state index < -0.39 is 0 Å². The Kier molecular flexibility index (Phi) is 4.16. The molecule has 0 unspecified atom stereocenters. The van der Waals surface area contributed by atoms with Crippen LogP contribution in [0.15, 0.2) is 36.4 Å². The lowest BCUT2D eigenvalue weighted by Gasteiger charge is -2.12. The molecule has 0 aliphatic heterocycles. The predicted octanol–water partition coefficient (Wildman–Crippen LogP) is 3.82. The van der Waals surface area contributed by atoms with Crippen molar-refractivity contribution in [1.82, 2.24) is 9.97 Å². The number of ether oxygens (including phenoxy) is 1. The summed E-state index contributed by atoms with van der Waals surface area (Å²) < 4.78 is 5.20. The van der Waals surface area contributed by atoms with Crippen molar-refractivity contribution in [3.63, 3.8) is 0 Å². The molecule has 0 bridgehead atoms. The molecule has 0 saturated heterocycles. The minimum Gasteiger partial charge on any atom is -0.497 e. The Morgan fingerprint density at radius 2 is 1.83 bits per heavy atom. The largest absolute Gasteiger partial charge is 0.497 e. The molecule has 0 aliphatic carbocycles. The molecule has 0 spiro atoms. The highest BCUT2D eigenvalue weighted by molar-refractivity contribution is 6.04. The van der Waals surface area contributed by atoms with Gasteiger partial charge < -0.3 is 10.1 Å². The number of aromatic nitrogens is 2. The van der Waals surface area contributed by atoms with E-state index >= 15 is 0 Å². The standard InChI is InChI=1S/C19H19N3O2/c1-11-9-12(2)20-13(3)18(11)22-19(23)17-7-5-14-10-15(24-4)6-8-16(14)21-17/h5-10H,1-4H3,(H,22,23). The van der Waals surface area contributed by atoms with Crippen LogP contribution >= 0.6 is 0 Å². The second-order valence-corrected chi connectivity index (χ2v) is 5.75. The minimum atomic E-state index is -0.246. The van der Waals surface area contributed by atoms with Crippen molar-refractivity contribution >= 4 is 22.5 Å². The number of benzene rings is 1. The molecule has 0 radical (unpaired) electrons. The summed E-state index contributed by atoms with van der Waals surface area (Å²) in [6, 6.07) is 11.1. The Morgan fingerprint density at radius 1 is 1.04 bits per heavy atom. The van der Waals surface area contributed by atoms with Crippen LogP contribution in [0.4, 0.5) is 5.69 Å². The van der Waals surface area contributed by atoms with E-state index in [0.29, 0.717) is 5.69 Å². The van der Waals surface area contributed by atoms with Gasteiger partial charge in [0, 0.05) is 11.1 Å². The van der Waals surface area contributed by atoms with Crippen LogP contribution in [0.5, 0.6) is 5.75 Å². The van der Waals surface area contributed by atoms with Gasteiger partial charge in [0.2, 0.25) is 0 Å². The molecular formula is C19H19N3O2. The van der Waals surface area contributed by atoms with E-state index in [1.54, 1.807) is 13.2 Å². The fourth-order valence-corrected chi connectivity index (χ4v) is 2.75. The molecule has 0 aliphatic rings. The van der Waals surface area contributed by atoms with Crippen molar-refractivity contribution < 1.29 is 9.53 Å². The highest BCUT2D eigenvalue weighted by Crippen LogP contribution is 2.22. The molecule has 2 heterocycles. The number of rotatable bonds is 3. The zero-order valence-corrected chi connectivity index (χ0v) is 14.2. The maximum Gasteiger partial charge on any atom is 0.274 e. The van der Waals surface area contributed by atoms with Gasteiger partial charge in [0.25, 0.3) is 5.91 Å². The van der Waals surface area contributed by atoms with Crippen molar-refractivity contribution in [2.45, 2.75) is 20.8 Å². The van der Waals surface area contributed by atoms with Gasteiger partial charge in [-0.25, -0.2) is 4.98 Å². The zero-order valence-electron chi connectivity index (χ0n) is 14.2. The molecule has 0 saturated carbocycles. The van der Waals surface area contributed by atoms with Crippen LogP contribution in [0.1, 0.15) is 27.4 Å². The number of anilines is 1. The fraction of sp³-hybridized carbons (Fsp3) is 0.211. The molecule has 3 rings (SSSR count). The summed E-state index contributed by atoms with van der Waals surface area (Å²) in [6.07, 6.45) is 0. The van der Waals surface area contributed by atoms with Gasteiger partial charge in [-0.2, -0.15) is 0 Å². The van der Waals surface area contributed by atoms with E-state index in [2.05, 4.69) is 15.3 Å². The average Bonchev–Trinajstić information content (AvgIpc) is 2.56. The van der Waals surface area contributed by atoms with E-state index in [1.807, 2.05) is 51.1 Å². The number of methoxy groups -OCH3 is 1. The van der Waals surface area contributed by atoms with Crippen LogP contribution in [0.2, 0.25) is 0 Å². The SMILES string of the molecule is COc1ccc2nc(C(=O)Nc3c(C)cc(C)nc3C)ccc2c1. The monoisotopic (exact) mass is 321 g/mol. The van der Waals surface area contributed by atoms with Crippen molar-refractivity contribution in [3.05, 3.63) is 59.0 Å². The Hall–Kier alpha value is -2.95. The first kappa shape index (κ1) is 15.9. The van der Waals surface area contributed by atoms with E-state index in [1.165, 1.54) is 0 Å². The van der Waals surface area contributed by atoms with Gasteiger partial charge in [0.1, 0.15) is 11.4 Å². The fourth-order valence-electron chi connectivity index (χ4n) is 2.75. The quantitative estimate of drug-likeness (QED) is 0.796. The first-order valence-corrected chi connectivity index (χ1v) is 7.69. The molecule has 1 N–H and O–H groups in total. The molecule has 5 heteroatoms. The maximum absolute atomic E-state index is 12.5. The molecular weight excluding hydrogens is 302 g/mol. The topological polar surface area (TPSA) is 64.1 Å². The lowest BCUT2D eigenvalue weighted by molar-refractivity contribution is 0.102. The number of amides is 1. The maximum atomic E-state index is 12.5. The zero-order chi connectivity index (χ0) is 17.3. The van der Waals surface area contributed by atoms with Crippen molar-refractivity contribution in [3.8, 4) is 5.75 Å². The van der Waals surface area contributed by atoms with E-state index in [-0.39, 0.29) is 5.91 Å². The summed E-state index contributed by atoms with van der Waals surface area (Å²) in [5.74, 6) is 0.517. The highest BCUT2D eigenvalue weighted by atomic mass is 16.5. The summed E-state index contributed by atoms with van der Waals surface area (Å²) in [6.45, 7) is 5.78. The second kappa shape index (κ2) is 6.28. The molecule has 2 aromatic heterocycles. The highest BCUT2D eigenvalue weighted by Gasteiger charge is 2.13. The summed E-state index contributed by atoms with van der Waals surface area (Å²) >= 11 is 0. The van der Waals surface area contributed by atoms with Crippen LogP contribution in [0.25, 0.3) is 10.9 Å². The number of nitrogens with zero attached hydrogens (tertiary/aromatic N) is 2. The number of pyridine rings is 2. The van der Waals surface area contributed by atoms with Crippen molar-refractivity contribution in [2.75, 3.05) is 12.4 Å². The average molecular weight is 321 g/mol. The second-order valence-electron chi connectivity index (χ2n) is 5.75. The Bertz CT molecular complexity index is 912. The van der Waals surface area contributed by atoms with Gasteiger partial charge >= 0.3 is 0 Å².